The lowest BCUT2D eigenvalue weighted by atomic mass is 10.0. The molecule has 0 aliphatic carbocycles. The zero-order valence-electron chi connectivity index (χ0n) is 15.2. The first-order valence-corrected chi connectivity index (χ1v) is 10.2. The number of aromatic nitrogens is 2. The first-order valence-electron chi connectivity index (χ1n) is 8.99. The molecular weight excluding hydrogens is 420 g/mol. The Kier molecular flexibility index (Phi) is 5.02. The molecule has 4 nitrogen and oxygen atoms in total. The van der Waals surface area contributed by atoms with Gasteiger partial charge in [-0.3, -0.25) is 4.98 Å². The summed E-state index contributed by atoms with van der Waals surface area (Å²) >= 11 is 9.28. The minimum Gasteiger partial charge on any atom is -0.351 e. The van der Waals surface area contributed by atoms with Crippen LogP contribution in [0.1, 0.15) is 43.4 Å². The van der Waals surface area contributed by atoms with E-state index in [4.69, 9.17) is 12.2 Å². The highest BCUT2D eigenvalue weighted by Crippen LogP contribution is 2.42. The molecule has 2 atom stereocenters. The smallest absolute Gasteiger partial charge is 0.174 e. The molecule has 0 saturated carbocycles. The van der Waals surface area contributed by atoms with E-state index in [1.807, 2.05) is 30.5 Å². The summed E-state index contributed by atoms with van der Waals surface area (Å²) in [7, 11) is 0. The first kappa shape index (κ1) is 18.2. The average Bonchev–Trinajstić information content (AvgIpc) is 3.27. The molecule has 1 N–H and O–H groups in total. The second kappa shape index (κ2) is 7.44. The maximum atomic E-state index is 5.76. The number of hydrogen-bond acceptors (Lipinski definition) is 2. The molecule has 6 heteroatoms. The van der Waals surface area contributed by atoms with Gasteiger partial charge in [0.25, 0.3) is 0 Å². The molecule has 0 bridgehead atoms. The minimum absolute atomic E-state index is 0.0188. The van der Waals surface area contributed by atoms with Gasteiger partial charge >= 0.3 is 0 Å². The normalized spacial score (nSPS) is 19.6. The maximum absolute atomic E-state index is 5.76. The first-order chi connectivity index (χ1) is 13.1. The quantitative estimate of drug-likeness (QED) is 0.550. The van der Waals surface area contributed by atoms with Crippen LogP contribution in [0.25, 0.3) is 0 Å². The van der Waals surface area contributed by atoms with Gasteiger partial charge in [0, 0.05) is 34.3 Å². The van der Waals surface area contributed by atoms with E-state index in [2.05, 4.69) is 86.1 Å². The van der Waals surface area contributed by atoms with Gasteiger partial charge in [0.15, 0.2) is 5.11 Å². The van der Waals surface area contributed by atoms with Crippen LogP contribution >= 0.6 is 28.1 Å². The van der Waals surface area contributed by atoms with Crippen molar-refractivity contribution in [2.24, 2.45) is 0 Å². The molecule has 3 heterocycles. The van der Waals surface area contributed by atoms with Crippen LogP contribution in [0.3, 0.4) is 0 Å². The third-order valence-corrected chi connectivity index (χ3v) is 5.72. The molecule has 3 aromatic rings. The Labute approximate surface area is 173 Å². The van der Waals surface area contributed by atoms with Crippen LogP contribution in [0, 0.1) is 0 Å². The minimum atomic E-state index is -0.0188. The lowest BCUT2D eigenvalue weighted by Gasteiger charge is -2.30. The van der Waals surface area contributed by atoms with E-state index in [-0.39, 0.29) is 12.1 Å². The van der Waals surface area contributed by atoms with E-state index >= 15 is 0 Å². The van der Waals surface area contributed by atoms with Crippen molar-refractivity contribution in [1.29, 1.82) is 0 Å². The second-order valence-electron chi connectivity index (χ2n) is 6.91. The summed E-state index contributed by atoms with van der Waals surface area (Å²) in [5, 5.41) is 4.22. The van der Waals surface area contributed by atoms with Gasteiger partial charge < -0.3 is 14.8 Å². The summed E-state index contributed by atoms with van der Waals surface area (Å²) in [4.78, 5) is 6.81. The monoisotopic (exact) mass is 440 g/mol. The SMILES string of the molecule is CC(C)n1cccc1C1C(c2ccccn2)NC(=S)N1c1ccc(Br)cc1. The predicted octanol–water partition coefficient (Wildman–Crippen LogP) is 5.40. The van der Waals surface area contributed by atoms with Gasteiger partial charge in [-0.15, -0.1) is 0 Å². The largest absolute Gasteiger partial charge is 0.351 e. The zero-order chi connectivity index (χ0) is 19.0. The molecule has 1 aromatic carbocycles. The maximum Gasteiger partial charge on any atom is 0.174 e. The van der Waals surface area contributed by atoms with Crippen LogP contribution in [0.5, 0.6) is 0 Å². The highest BCUT2D eigenvalue weighted by atomic mass is 79.9. The Bertz CT molecular complexity index is 936. The number of rotatable bonds is 4. The van der Waals surface area contributed by atoms with Gasteiger partial charge in [-0.2, -0.15) is 0 Å². The van der Waals surface area contributed by atoms with Crippen LogP contribution < -0.4 is 10.2 Å². The van der Waals surface area contributed by atoms with Crippen molar-refractivity contribution in [1.82, 2.24) is 14.9 Å². The summed E-state index contributed by atoms with van der Waals surface area (Å²) in [5.74, 6) is 0. The van der Waals surface area contributed by atoms with E-state index in [1.165, 1.54) is 5.69 Å². The average molecular weight is 441 g/mol. The van der Waals surface area contributed by atoms with Crippen molar-refractivity contribution < 1.29 is 0 Å². The van der Waals surface area contributed by atoms with Crippen LogP contribution in [0.2, 0.25) is 0 Å². The molecule has 2 unspecified atom stereocenters. The van der Waals surface area contributed by atoms with Crippen molar-refractivity contribution in [2.75, 3.05) is 4.90 Å². The number of thiocarbonyl (C=S) groups is 1. The molecule has 1 saturated heterocycles. The number of hydrogen-bond donors (Lipinski definition) is 1. The van der Waals surface area contributed by atoms with Crippen LogP contribution in [0.15, 0.2) is 71.5 Å². The number of nitrogens with one attached hydrogen (secondary N) is 1. The van der Waals surface area contributed by atoms with E-state index in [0.717, 1.165) is 21.0 Å². The molecule has 0 amide bonds. The highest BCUT2D eigenvalue weighted by molar-refractivity contribution is 9.10. The van der Waals surface area contributed by atoms with Crippen molar-refractivity contribution in [3.8, 4) is 0 Å². The summed E-state index contributed by atoms with van der Waals surface area (Å²) in [5.41, 5.74) is 3.27. The molecule has 138 valence electrons. The Balaban J connectivity index is 1.85. The summed E-state index contributed by atoms with van der Waals surface area (Å²) in [6.45, 7) is 4.40. The summed E-state index contributed by atoms with van der Waals surface area (Å²) in [6.07, 6.45) is 3.97. The topological polar surface area (TPSA) is 33.1 Å². The van der Waals surface area contributed by atoms with Crippen molar-refractivity contribution in [3.63, 3.8) is 0 Å². The molecule has 2 aromatic heterocycles. The zero-order valence-corrected chi connectivity index (χ0v) is 17.6. The Morgan fingerprint density at radius 2 is 1.85 bits per heavy atom. The number of anilines is 1. The number of benzene rings is 1. The van der Waals surface area contributed by atoms with Crippen molar-refractivity contribution >= 4 is 38.9 Å². The Morgan fingerprint density at radius 3 is 2.52 bits per heavy atom. The van der Waals surface area contributed by atoms with Gasteiger partial charge in [-0.25, -0.2) is 0 Å². The lowest BCUT2D eigenvalue weighted by Crippen LogP contribution is -2.30. The van der Waals surface area contributed by atoms with E-state index < -0.39 is 0 Å². The Hall–Kier alpha value is -2.18. The van der Waals surface area contributed by atoms with E-state index in [1.54, 1.807) is 0 Å². The molecular formula is C21H21BrN4S. The molecule has 0 spiro atoms. The highest BCUT2D eigenvalue weighted by Gasteiger charge is 2.42. The third kappa shape index (κ3) is 3.39. The summed E-state index contributed by atoms with van der Waals surface area (Å²) in [6, 6.07) is 18.9. The van der Waals surface area contributed by atoms with Crippen LogP contribution in [-0.2, 0) is 0 Å². The lowest BCUT2D eigenvalue weighted by molar-refractivity contribution is 0.497. The fraction of sp³-hybridized carbons (Fsp3) is 0.238. The molecule has 4 rings (SSSR count). The Morgan fingerprint density at radius 1 is 1.07 bits per heavy atom. The van der Waals surface area contributed by atoms with Gasteiger partial charge in [-0.1, -0.05) is 22.0 Å². The molecule has 27 heavy (non-hydrogen) atoms. The second-order valence-corrected chi connectivity index (χ2v) is 8.21. The summed E-state index contributed by atoms with van der Waals surface area (Å²) < 4.78 is 3.36. The molecule has 1 aliphatic rings. The van der Waals surface area contributed by atoms with Crippen LogP contribution in [-0.4, -0.2) is 14.7 Å². The van der Waals surface area contributed by atoms with Gasteiger partial charge in [-0.05, 0) is 74.6 Å². The van der Waals surface area contributed by atoms with Crippen molar-refractivity contribution in [3.05, 3.63) is 82.9 Å². The fourth-order valence-corrected chi connectivity index (χ4v) is 4.27. The number of pyridine rings is 1. The number of halogens is 1. The standard InChI is InChI=1S/C21H21BrN4S/c1-14(2)25-13-5-7-18(25)20-19(17-6-3-4-12-23-17)24-21(27)26(20)16-10-8-15(22)9-11-16/h3-14,19-20H,1-2H3,(H,24,27). The van der Waals surface area contributed by atoms with Gasteiger partial charge in [0.1, 0.15) is 6.04 Å². The van der Waals surface area contributed by atoms with E-state index in [0.29, 0.717) is 6.04 Å². The molecule has 1 aliphatic heterocycles. The third-order valence-electron chi connectivity index (χ3n) is 4.87. The molecule has 1 fully saturated rings. The van der Waals surface area contributed by atoms with Gasteiger partial charge in [0.05, 0.1) is 11.7 Å². The fourth-order valence-electron chi connectivity index (χ4n) is 3.66. The van der Waals surface area contributed by atoms with Crippen LogP contribution in [0.4, 0.5) is 5.69 Å². The van der Waals surface area contributed by atoms with Crippen molar-refractivity contribution in [2.45, 2.75) is 32.0 Å². The molecule has 0 radical (unpaired) electrons. The van der Waals surface area contributed by atoms with Gasteiger partial charge in [0.2, 0.25) is 0 Å². The predicted molar refractivity (Wildman–Crippen MR) is 117 cm³/mol. The van der Waals surface area contributed by atoms with E-state index in [9.17, 15) is 0 Å². The number of nitrogens with zero attached hydrogens (tertiary/aromatic N) is 3.